The summed E-state index contributed by atoms with van der Waals surface area (Å²) in [5.74, 6) is 1.98. The minimum Gasteiger partial charge on any atom is -0.465 e. The molecule has 3 fully saturated rings. The molecule has 154 valence electrons. The minimum atomic E-state index is -0.942. The summed E-state index contributed by atoms with van der Waals surface area (Å²) in [6.45, 7) is 5.48. The summed E-state index contributed by atoms with van der Waals surface area (Å²) in [6, 6.07) is 11.1. The zero-order valence-electron chi connectivity index (χ0n) is 17.9. The Morgan fingerprint density at radius 1 is 1.18 bits per heavy atom. The number of fused-ring (bicyclic) bond motifs is 2. The van der Waals surface area contributed by atoms with Crippen molar-refractivity contribution in [2.24, 2.45) is 29.1 Å². The van der Waals surface area contributed by atoms with Gasteiger partial charge in [0.05, 0.1) is 12.5 Å². The molecule has 3 saturated carbocycles. The molecular weight excluding hydrogens is 364 g/mol. The molecule has 28 heavy (non-hydrogen) atoms. The van der Waals surface area contributed by atoms with Gasteiger partial charge in [-0.2, -0.15) is 0 Å². The highest BCUT2D eigenvalue weighted by Gasteiger charge is 2.59. The second-order valence-corrected chi connectivity index (χ2v) is 14.0. The highest BCUT2D eigenvalue weighted by atomic mass is 32.3. The number of esters is 1. The molecule has 5 atom stereocenters. The molecule has 0 saturated heterocycles. The highest BCUT2D eigenvalue weighted by Crippen LogP contribution is 2.69. The fraction of sp³-hybridized carbons (Fsp3) is 0.640. The molecular formula is C25H36O2S. The minimum absolute atomic E-state index is 0.00136. The Balaban J connectivity index is 1.53. The Morgan fingerprint density at radius 2 is 1.93 bits per heavy atom. The van der Waals surface area contributed by atoms with E-state index in [0.717, 1.165) is 25.2 Å². The Hall–Kier alpha value is -1.22. The van der Waals surface area contributed by atoms with Crippen LogP contribution in [-0.2, 0) is 9.53 Å². The Labute approximate surface area is 172 Å². The summed E-state index contributed by atoms with van der Waals surface area (Å²) in [6.07, 6.45) is 14.9. The molecule has 1 aromatic rings. The number of carbonyl (C=O) groups is 1. The predicted molar refractivity (Wildman–Crippen MR) is 119 cm³/mol. The van der Waals surface area contributed by atoms with E-state index in [-0.39, 0.29) is 11.9 Å². The Morgan fingerprint density at radius 3 is 2.57 bits per heavy atom. The normalized spacial score (nSPS) is 34.4. The van der Waals surface area contributed by atoms with Crippen LogP contribution in [0.4, 0.5) is 0 Å². The van der Waals surface area contributed by atoms with Gasteiger partial charge in [-0.3, -0.25) is 4.79 Å². The van der Waals surface area contributed by atoms with E-state index in [1.807, 2.05) is 0 Å². The van der Waals surface area contributed by atoms with E-state index < -0.39 is 10.0 Å². The molecule has 0 aromatic heterocycles. The summed E-state index contributed by atoms with van der Waals surface area (Å²) in [4.78, 5) is 14.2. The first kappa shape index (κ1) is 20.1. The first-order chi connectivity index (χ1) is 13.3. The van der Waals surface area contributed by atoms with E-state index in [0.29, 0.717) is 29.1 Å². The fourth-order valence-corrected chi connectivity index (χ4v) is 9.10. The monoisotopic (exact) mass is 400 g/mol. The van der Waals surface area contributed by atoms with Crippen LogP contribution in [-0.4, -0.2) is 30.3 Å². The first-order valence-corrected chi connectivity index (χ1v) is 13.4. The molecule has 0 heterocycles. The van der Waals surface area contributed by atoms with E-state index in [1.165, 1.54) is 17.7 Å². The SMILES string of the molecule is CC1(C)C2CC1[C@H](COC(=O)C1C=CCCC1)C(S(C)(C)c1ccccc1)C2. The Kier molecular flexibility index (Phi) is 5.41. The van der Waals surface area contributed by atoms with Gasteiger partial charge in [0.1, 0.15) is 0 Å². The third-order valence-corrected chi connectivity index (χ3v) is 11.7. The number of rotatable bonds is 5. The molecule has 1 aromatic carbocycles. The number of ether oxygens (including phenoxy) is 1. The van der Waals surface area contributed by atoms with Crippen LogP contribution in [0.5, 0.6) is 0 Å². The lowest BCUT2D eigenvalue weighted by Crippen LogP contribution is -2.59. The van der Waals surface area contributed by atoms with Gasteiger partial charge < -0.3 is 4.74 Å². The zero-order valence-corrected chi connectivity index (χ0v) is 18.7. The van der Waals surface area contributed by atoms with E-state index in [1.54, 1.807) is 0 Å². The molecule has 0 spiro atoms. The van der Waals surface area contributed by atoms with Crippen LogP contribution >= 0.6 is 10.0 Å². The molecule has 4 aliphatic rings. The van der Waals surface area contributed by atoms with Crippen LogP contribution in [0.25, 0.3) is 0 Å². The molecule has 5 rings (SSSR count). The molecule has 2 bridgehead atoms. The maximum atomic E-state index is 12.7. The number of benzene rings is 1. The van der Waals surface area contributed by atoms with Crippen LogP contribution in [0.1, 0.15) is 46.0 Å². The second kappa shape index (κ2) is 7.55. The molecule has 3 heteroatoms. The molecule has 0 aliphatic heterocycles. The van der Waals surface area contributed by atoms with Gasteiger partial charge >= 0.3 is 5.97 Å². The summed E-state index contributed by atoms with van der Waals surface area (Å²) in [5.41, 5.74) is 0.393. The van der Waals surface area contributed by atoms with Crippen molar-refractivity contribution in [2.75, 3.05) is 19.1 Å². The molecule has 4 unspecified atom stereocenters. The van der Waals surface area contributed by atoms with Crippen LogP contribution < -0.4 is 0 Å². The maximum Gasteiger partial charge on any atom is 0.312 e. The van der Waals surface area contributed by atoms with Gasteiger partial charge in [-0.25, -0.2) is 10.0 Å². The van der Waals surface area contributed by atoms with Crippen molar-refractivity contribution < 1.29 is 9.53 Å². The lowest BCUT2D eigenvalue weighted by atomic mass is 9.45. The van der Waals surface area contributed by atoms with Crippen molar-refractivity contribution in [2.45, 2.75) is 56.1 Å². The van der Waals surface area contributed by atoms with E-state index in [4.69, 9.17) is 4.74 Å². The number of hydrogen-bond donors (Lipinski definition) is 0. The molecule has 0 radical (unpaired) electrons. The average Bonchev–Trinajstić information content (AvgIpc) is 2.72. The molecule has 4 aliphatic carbocycles. The van der Waals surface area contributed by atoms with Gasteiger partial charge in [0.2, 0.25) is 0 Å². The third-order valence-electron chi connectivity index (χ3n) is 8.14. The predicted octanol–water partition coefficient (Wildman–Crippen LogP) is 6.06. The van der Waals surface area contributed by atoms with E-state index in [9.17, 15) is 4.79 Å². The second-order valence-electron chi connectivity index (χ2n) is 10.1. The quantitative estimate of drug-likeness (QED) is 0.443. The van der Waals surface area contributed by atoms with Crippen LogP contribution in [0, 0.1) is 29.1 Å². The molecule has 0 N–H and O–H groups in total. The summed E-state index contributed by atoms with van der Waals surface area (Å²) >= 11 is 0. The van der Waals surface area contributed by atoms with Crippen molar-refractivity contribution >= 4 is 16.0 Å². The lowest BCUT2D eigenvalue weighted by molar-refractivity contribution is -0.158. The van der Waals surface area contributed by atoms with Gasteiger partial charge in [-0.05, 0) is 72.0 Å². The summed E-state index contributed by atoms with van der Waals surface area (Å²) in [5, 5.41) is 0.640. The van der Waals surface area contributed by atoms with E-state index in [2.05, 4.69) is 68.8 Å². The maximum absolute atomic E-state index is 12.7. The smallest absolute Gasteiger partial charge is 0.312 e. The number of allylic oxidation sites excluding steroid dienone is 1. The van der Waals surface area contributed by atoms with Crippen LogP contribution in [0.2, 0.25) is 0 Å². The van der Waals surface area contributed by atoms with Gasteiger partial charge in [-0.15, -0.1) is 0 Å². The fourth-order valence-electron chi connectivity index (χ4n) is 6.04. The van der Waals surface area contributed by atoms with Crippen molar-refractivity contribution in [3.8, 4) is 0 Å². The summed E-state index contributed by atoms with van der Waals surface area (Å²) < 4.78 is 5.99. The first-order valence-electron chi connectivity index (χ1n) is 10.9. The van der Waals surface area contributed by atoms with Crippen molar-refractivity contribution in [1.29, 1.82) is 0 Å². The van der Waals surface area contributed by atoms with Gasteiger partial charge in [0.25, 0.3) is 0 Å². The summed E-state index contributed by atoms with van der Waals surface area (Å²) in [7, 11) is -0.942. The molecule has 0 amide bonds. The Bertz CT molecular complexity index is 736. The van der Waals surface area contributed by atoms with E-state index >= 15 is 0 Å². The standard InChI is InChI=1S/C25H36O2S/c1-25(2)19-15-22(25)21(17-27-24(26)18-11-7-5-8-12-18)23(16-19)28(3,4)20-13-9-6-10-14-20/h6-7,9-11,13-14,18-19,21-23H,5,8,12,15-17H2,1-4H3/t18?,19?,21-,22?,23?/m0/s1. The number of hydrogen-bond acceptors (Lipinski definition) is 2. The van der Waals surface area contributed by atoms with Gasteiger partial charge in [0, 0.05) is 5.92 Å². The average molecular weight is 401 g/mol. The molecule has 2 nitrogen and oxygen atoms in total. The van der Waals surface area contributed by atoms with Crippen molar-refractivity contribution in [3.05, 3.63) is 42.5 Å². The zero-order chi connectivity index (χ0) is 19.9. The number of carbonyl (C=O) groups excluding carboxylic acids is 1. The largest absolute Gasteiger partial charge is 0.465 e. The van der Waals surface area contributed by atoms with Crippen LogP contribution in [0.3, 0.4) is 0 Å². The van der Waals surface area contributed by atoms with Gasteiger partial charge in [-0.1, -0.05) is 56.3 Å². The van der Waals surface area contributed by atoms with Crippen LogP contribution in [0.15, 0.2) is 47.4 Å². The lowest BCUT2D eigenvalue weighted by Gasteiger charge is -2.65. The van der Waals surface area contributed by atoms with Crippen molar-refractivity contribution in [1.82, 2.24) is 0 Å². The third kappa shape index (κ3) is 3.44. The van der Waals surface area contributed by atoms with Gasteiger partial charge in [0.15, 0.2) is 0 Å². The highest BCUT2D eigenvalue weighted by molar-refractivity contribution is 8.33. The van der Waals surface area contributed by atoms with Crippen molar-refractivity contribution in [3.63, 3.8) is 0 Å². The topological polar surface area (TPSA) is 26.3 Å².